The van der Waals surface area contributed by atoms with Gasteiger partial charge in [-0.3, -0.25) is 0 Å². The summed E-state index contributed by atoms with van der Waals surface area (Å²) >= 11 is 12.8. The zero-order valence-corrected chi connectivity index (χ0v) is 25.6. The van der Waals surface area contributed by atoms with E-state index in [1.165, 1.54) is 98.4 Å². The quantitative estimate of drug-likeness (QED) is 0.174. The molecule has 1 aliphatic carbocycles. The van der Waals surface area contributed by atoms with Crippen LogP contribution in [0, 0.1) is 5.41 Å². The third-order valence-corrected chi connectivity index (χ3v) is 11.1. The molecule has 0 bridgehead atoms. The summed E-state index contributed by atoms with van der Waals surface area (Å²) in [5, 5.41) is 6.80. The SMILES string of the molecule is Clc1ccc(-c2cc3ccccc3c3c2C[N+]2(Cc4c(-c5ccc(Cl)cc5)cc5ccccc5c4-3)CC3(CCC3)C2)cc1. The highest BCUT2D eigenvalue weighted by Crippen LogP contribution is 2.57. The molecule has 2 heterocycles. The number of rotatable bonds is 2. The monoisotopic (exact) mass is 596 g/mol. The van der Waals surface area contributed by atoms with Crippen molar-refractivity contribution in [3.8, 4) is 33.4 Å². The summed E-state index contributed by atoms with van der Waals surface area (Å²) in [6.07, 6.45) is 4.15. The number of halogens is 2. The van der Waals surface area contributed by atoms with Gasteiger partial charge in [0.1, 0.15) is 13.1 Å². The van der Waals surface area contributed by atoms with E-state index < -0.39 is 0 Å². The van der Waals surface area contributed by atoms with Gasteiger partial charge in [0.2, 0.25) is 0 Å². The molecular weight excluding hydrogens is 565 g/mol. The predicted molar refractivity (Wildman–Crippen MR) is 181 cm³/mol. The van der Waals surface area contributed by atoms with Crippen molar-refractivity contribution in [3.63, 3.8) is 0 Å². The maximum absolute atomic E-state index is 6.40. The first kappa shape index (κ1) is 25.8. The number of hydrogen-bond donors (Lipinski definition) is 0. The Hall–Kier alpha value is -3.62. The first-order valence-corrected chi connectivity index (χ1v) is 16.2. The molecule has 0 aromatic heterocycles. The molecule has 1 nitrogen and oxygen atoms in total. The topological polar surface area (TPSA) is 0 Å². The molecule has 6 aromatic rings. The van der Waals surface area contributed by atoms with E-state index in [2.05, 4.69) is 84.9 Å². The smallest absolute Gasteiger partial charge is 0.106 e. The fraction of sp³-hybridized carbons (Fsp3) is 0.200. The summed E-state index contributed by atoms with van der Waals surface area (Å²) in [5.74, 6) is 0. The van der Waals surface area contributed by atoms with Crippen molar-refractivity contribution in [1.82, 2.24) is 0 Å². The molecule has 9 rings (SSSR count). The minimum atomic E-state index is 0.541. The Balaban J connectivity index is 1.43. The maximum Gasteiger partial charge on any atom is 0.106 e. The molecule has 6 aromatic carbocycles. The van der Waals surface area contributed by atoms with Gasteiger partial charge in [-0.1, -0.05) is 102 Å². The third kappa shape index (κ3) is 4.02. The first-order chi connectivity index (χ1) is 21.0. The Morgan fingerprint density at radius 1 is 0.535 bits per heavy atom. The van der Waals surface area contributed by atoms with Gasteiger partial charge in [0.05, 0.1) is 18.5 Å². The summed E-state index contributed by atoms with van der Waals surface area (Å²) < 4.78 is 1.12. The molecule has 210 valence electrons. The summed E-state index contributed by atoms with van der Waals surface area (Å²) in [4.78, 5) is 0. The van der Waals surface area contributed by atoms with Crippen LogP contribution in [0.2, 0.25) is 10.0 Å². The van der Waals surface area contributed by atoms with Crippen molar-refractivity contribution in [2.75, 3.05) is 13.1 Å². The van der Waals surface area contributed by atoms with Crippen LogP contribution in [0.3, 0.4) is 0 Å². The van der Waals surface area contributed by atoms with E-state index >= 15 is 0 Å². The van der Waals surface area contributed by atoms with E-state index in [0.29, 0.717) is 5.41 Å². The van der Waals surface area contributed by atoms with Gasteiger partial charge in [0, 0.05) is 32.3 Å². The van der Waals surface area contributed by atoms with Crippen LogP contribution >= 0.6 is 23.2 Å². The molecule has 1 saturated carbocycles. The van der Waals surface area contributed by atoms with Crippen molar-refractivity contribution >= 4 is 44.7 Å². The second-order valence-electron chi connectivity index (χ2n) is 13.3. The molecular formula is C40H32Cl2N+. The van der Waals surface area contributed by atoms with Gasteiger partial charge in [-0.2, -0.15) is 0 Å². The van der Waals surface area contributed by atoms with Crippen LogP contribution in [0.4, 0.5) is 0 Å². The molecule has 0 atom stereocenters. The van der Waals surface area contributed by atoms with E-state index in [1.54, 1.807) is 0 Å². The Labute approximate surface area is 262 Å². The van der Waals surface area contributed by atoms with Gasteiger partial charge < -0.3 is 4.48 Å². The minimum Gasteiger partial charge on any atom is -0.315 e. The molecule has 0 radical (unpaired) electrons. The fourth-order valence-electron chi connectivity index (χ4n) is 8.77. The number of fused-ring (bicyclic) bond motifs is 7. The lowest BCUT2D eigenvalue weighted by molar-refractivity contribution is -1.01. The largest absolute Gasteiger partial charge is 0.315 e. The lowest BCUT2D eigenvalue weighted by Gasteiger charge is -2.61. The highest BCUT2D eigenvalue weighted by molar-refractivity contribution is 6.31. The lowest BCUT2D eigenvalue weighted by atomic mass is 9.62. The van der Waals surface area contributed by atoms with E-state index in [9.17, 15) is 0 Å². The number of quaternary nitrogens is 1. The van der Waals surface area contributed by atoms with Crippen molar-refractivity contribution in [1.29, 1.82) is 0 Å². The van der Waals surface area contributed by atoms with Crippen molar-refractivity contribution < 1.29 is 4.48 Å². The fourth-order valence-corrected chi connectivity index (χ4v) is 9.03. The van der Waals surface area contributed by atoms with Crippen LogP contribution in [-0.2, 0) is 13.1 Å². The molecule has 0 amide bonds. The van der Waals surface area contributed by atoms with Crippen molar-refractivity contribution in [3.05, 3.63) is 130 Å². The first-order valence-electron chi connectivity index (χ1n) is 15.5. The standard InChI is InChI=1S/C40H32Cl2N/c41-30-14-10-26(11-15-30)34-20-28-6-1-3-8-32(28)38-36(34)22-43(24-40(25-43)18-5-19-40)23-37-35(27-12-16-31(42)17-13-27)21-29-7-2-4-9-33(29)39(37)38/h1-4,6-17,20-21H,5,18-19,22-25H2/q+1. The predicted octanol–water partition coefficient (Wildman–Crippen LogP) is 11.3. The zero-order valence-electron chi connectivity index (χ0n) is 24.0. The van der Waals surface area contributed by atoms with Gasteiger partial charge in [-0.05, 0) is 93.0 Å². The van der Waals surface area contributed by atoms with Gasteiger partial charge in [0.15, 0.2) is 0 Å². The second kappa shape index (κ2) is 9.44. The normalized spacial score (nSPS) is 17.7. The summed E-state index contributed by atoms with van der Waals surface area (Å²) in [6.45, 7) is 4.63. The summed E-state index contributed by atoms with van der Waals surface area (Å²) in [6, 6.07) is 39.8. The highest BCUT2D eigenvalue weighted by atomic mass is 35.5. The lowest BCUT2D eigenvalue weighted by Crippen LogP contribution is -2.70. The minimum absolute atomic E-state index is 0.541. The third-order valence-electron chi connectivity index (χ3n) is 10.6. The van der Waals surface area contributed by atoms with Crippen LogP contribution in [0.25, 0.3) is 54.9 Å². The molecule has 43 heavy (non-hydrogen) atoms. The molecule has 1 saturated heterocycles. The van der Waals surface area contributed by atoms with Crippen molar-refractivity contribution in [2.24, 2.45) is 5.41 Å². The van der Waals surface area contributed by atoms with Crippen molar-refractivity contribution in [2.45, 2.75) is 32.4 Å². The molecule has 3 heteroatoms. The van der Waals surface area contributed by atoms with E-state index in [4.69, 9.17) is 23.2 Å². The Morgan fingerprint density at radius 2 is 0.977 bits per heavy atom. The van der Waals surface area contributed by atoms with Crippen LogP contribution in [0.5, 0.6) is 0 Å². The van der Waals surface area contributed by atoms with E-state index in [0.717, 1.165) is 27.6 Å². The van der Waals surface area contributed by atoms with Gasteiger partial charge in [-0.25, -0.2) is 0 Å². The van der Waals surface area contributed by atoms with Crippen LogP contribution in [0.1, 0.15) is 30.4 Å². The van der Waals surface area contributed by atoms with E-state index in [1.807, 2.05) is 24.3 Å². The maximum atomic E-state index is 6.40. The van der Waals surface area contributed by atoms with Crippen LogP contribution in [0.15, 0.2) is 109 Å². The number of benzene rings is 6. The zero-order chi connectivity index (χ0) is 28.8. The second-order valence-corrected chi connectivity index (χ2v) is 14.2. The van der Waals surface area contributed by atoms with Crippen LogP contribution < -0.4 is 0 Å². The number of hydrogen-bond acceptors (Lipinski definition) is 0. The highest BCUT2D eigenvalue weighted by Gasteiger charge is 2.59. The van der Waals surface area contributed by atoms with Gasteiger partial charge >= 0.3 is 0 Å². The van der Waals surface area contributed by atoms with Crippen LogP contribution in [-0.4, -0.2) is 17.6 Å². The molecule has 2 spiro atoms. The molecule has 0 N–H and O–H groups in total. The Morgan fingerprint density at radius 3 is 1.40 bits per heavy atom. The molecule has 0 unspecified atom stereocenters. The molecule has 2 aliphatic heterocycles. The van der Waals surface area contributed by atoms with Gasteiger partial charge in [0.25, 0.3) is 0 Å². The van der Waals surface area contributed by atoms with Gasteiger partial charge in [-0.15, -0.1) is 0 Å². The average Bonchev–Trinajstić information content (AvgIpc) is 3.15. The summed E-state index contributed by atoms with van der Waals surface area (Å²) in [5.41, 5.74) is 11.5. The average molecular weight is 598 g/mol. The Kier molecular flexibility index (Phi) is 5.67. The molecule has 3 aliphatic rings. The molecule has 2 fully saturated rings. The number of nitrogens with zero attached hydrogens (tertiary/aromatic N) is 1. The van der Waals surface area contributed by atoms with E-state index in [-0.39, 0.29) is 0 Å². The Bertz CT molecular complexity index is 1920. The summed E-state index contributed by atoms with van der Waals surface area (Å²) in [7, 11) is 0.